The van der Waals surface area contributed by atoms with Crippen molar-refractivity contribution < 1.29 is 14.0 Å². The van der Waals surface area contributed by atoms with Crippen LogP contribution in [0.2, 0.25) is 0 Å². The number of benzene rings is 1. The first-order valence-electron chi connectivity index (χ1n) is 7.83. The highest BCUT2D eigenvalue weighted by Gasteiger charge is 2.11. The Bertz CT molecular complexity index is 1040. The average Bonchev–Trinajstić information content (AvgIpc) is 3.36. The topological polar surface area (TPSA) is 88.6 Å². The van der Waals surface area contributed by atoms with Crippen molar-refractivity contribution >= 4 is 33.8 Å². The number of aromatic nitrogens is 2. The van der Waals surface area contributed by atoms with Crippen molar-refractivity contribution in [1.82, 2.24) is 14.7 Å². The number of carbonyl (C=O) groups excluding carboxylic acids is 2. The highest BCUT2D eigenvalue weighted by Crippen LogP contribution is 2.24. The lowest BCUT2D eigenvalue weighted by atomic mass is 10.1. The molecule has 0 saturated heterocycles. The van der Waals surface area contributed by atoms with Crippen LogP contribution in [-0.4, -0.2) is 27.7 Å². The summed E-state index contributed by atoms with van der Waals surface area (Å²) in [4.78, 5) is 29.3. The normalized spacial score (nSPS) is 10.8. The molecule has 26 heavy (non-hydrogen) atoms. The largest absolute Gasteiger partial charge is 0.459 e. The Morgan fingerprint density at radius 2 is 2.15 bits per heavy atom. The Kier molecular flexibility index (Phi) is 4.24. The van der Waals surface area contributed by atoms with E-state index in [0.717, 1.165) is 16.2 Å². The standard InChI is InChI=1S/C18H14N4O3S/c23-16(10-19-17(24)15-5-2-7-25-15)20-13-4-1-3-12(9-13)14-11-22-6-8-26-18(22)21-14/h1-9,11H,10H2,(H,19,24)(H,20,23). The summed E-state index contributed by atoms with van der Waals surface area (Å²) >= 11 is 1.56. The van der Waals surface area contributed by atoms with Gasteiger partial charge < -0.3 is 15.1 Å². The second-order valence-electron chi connectivity index (χ2n) is 5.51. The van der Waals surface area contributed by atoms with Crippen molar-refractivity contribution in [3.05, 3.63) is 66.2 Å². The summed E-state index contributed by atoms with van der Waals surface area (Å²) in [7, 11) is 0. The Labute approximate surface area is 152 Å². The maximum atomic E-state index is 12.1. The minimum Gasteiger partial charge on any atom is -0.459 e. The second-order valence-corrected chi connectivity index (χ2v) is 6.38. The first kappa shape index (κ1) is 16.1. The summed E-state index contributed by atoms with van der Waals surface area (Å²) in [6.07, 6.45) is 5.29. The van der Waals surface area contributed by atoms with Crippen molar-refractivity contribution in [2.75, 3.05) is 11.9 Å². The first-order chi connectivity index (χ1) is 12.7. The highest BCUT2D eigenvalue weighted by atomic mass is 32.1. The lowest BCUT2D eigenvalue weighted by Gasteiger charge is -2.07. The molecule has 0 spiro atoms. The second kappa shape index (κ2) is 6.85. The van der Waals surface area contributed by atoms with Crippen molar-refractivity contribution in [3.63, 3.8) is 0 Å². The highest BCUT2D eigenvalue weighted by molar-refractivity contribution is 7.15. The fourth-order valence-electron chi connectivity index (χ4n) is 2.48. The third-order valence-electron chi connectivity index (χ3n) is 3.69. The van der Waals surface area contributed by atoms with Crippen molar-refractivity contribution in [3.8, 4) is 11.3 Å². The number of nitrogens with one attached hydrogen (secondary N) is 2. The molecule has 0 aliphatic heterocycles. The number of imidazole rings is 1. The van der Waals surface area contributed by atoms with Crippen LogP contribution in [0.1, 0.15) is 10.6 Å². The molecule has 130 valence electrons. The lowest BCUT2D eigenvalue weighted by Crippen LogP contribution is -2.32. The molecule has 1 aromatic carbocycles. The van der Waals surface area contributed by atoms with Gasteiger partial charge in [-0.05, 0) is 24.3 Å². The number of furan rings is 1. The SMILES string of the molecule is O=C(CNC(=O)c1ccco1)Nc1cccc(-c2cn3ccsc3n2)c1. The zero-order valence-corrected chi connectivity index (χ0v) is 14.3. The predicted octanol–water partition coefficient (Wildman–Crippen LogP) is 3.02. The predicted molar refractivity (Wildman–Crippen MR) is 98.2 cm³/mol. The van der Waals surface area contributed by atoms with E-state index >= 15 is 0 Å². The van der Waals surface area contributed by atoms with Crippen LogP contribution in [0.25, 0.3) is 16.2 Å². The van der Waals surface area contributed by atoms with E-state index in [-0.39, 0.29) is 18.2 Å². The van der Waals surface area contributed by atoms with Crippen molar-refractivity contribution in [1.29, 1.82) is 0 Å². The number of carbonyl (C=O) groups is 2. The molecule has 0 atom stereocenters. The summed E-state index contributed by atoms with van der Waals surface area (Å²) in [6, 6.07) is 10.6. The van der Waals surface area contributed by atoms with Crippen LogP contribution in [0.5, 0.6) is 0 Å². The van der Waals surface area contributed by atoms with E-state index in [9.17, 15) is 9.59 Å². The molecule has 8 heteroatoms. The summed E-state index contributed by atoms with van der Waals surface area (Å²) in [5, 5.41) is 7.24. The number of anilines is 1. The molecule has 0 radical (unpaired) electrons. The van der Waals surface area contributed by atoms with E-state index in [1.165, 1.54) is 12.3 Å². The van der Waals surface area contributed by atoms with E-state index < -0.39 is 5.91 Å². The molecule has 2 amide bonds. The molecule has 3 heterocycles. The van der Waals surface area contributed by atoms with Crippen LogP contribution in [0.15, 0.2) is 64.9 Å². The molecule has 0 aliphatic carbocycles. The molecule has 2 N–H and O–H groups in total. The third-order valence-corrected chi connectivity index (χ3v) is 4.46. The van der Waals surface area contributed by atoms with Gasteiger partial charge in [0.1, 0.15) is 0 Å². The van der Waals surface area contributed by atoms with E-state index in [1.54, 1.807) is 23.5 Å². The molecular formula is C18H14N4O3S. The van der Waals surface area contributed by atoms with E-state index in [2.05, 4.69) is 15.6 Å². The van der Waals surface area contributed by atoms with Gasteiger partial charge in [0.15, 0.2) is 10.7 Å². The molecule has 0 saturated carbocycles. The molecule has 7 nitrogen and oxygen atoms in total. The monoisotopic (exact) mass is 366 g/mol. The Morgan fingerprint density at radius 3 is 2.96 bits per heavy atom. The molecule has 4 rings (SSSR count). The minimum absolute atomic E-state index is 0.149. The number of thiazole rings is 1. The Balaban J connectivity index is 1.41. The maximum Gasteiger partial charge on any atom is 0.287 e. The summed E-state index contributed by atoms with van der Waals surface area (Å²) in [5.74, 6) is -0.593. The van der Waals surface area contributed by atoms with Crippen LogP contribution in [0, 0.1) is 0 Å². The molecule has 0 fully saturated rings. The van der Waals surface area contributed by atoms with E-state index in [0.29, 0.717) is 5.69 Å². The van der Waals surface area contributed by atoms with Crippen LogP contribution >= 0.6 is 11.3 Å². The minimum atomic E-state index is -0.433. The number of hydrogen-bond acceptors (Lipinski definition) is 5. The number of hydrogen-bond donors (Lipinski definition) is 2. The average molecular weight is 366 g/mol. The summed E-state index contributed by atoms with van der Waals surface area (Å²) in [6.45, 7) is -0.149. The van der Waals surface area contributed by atoms with Gasteiger partial charge in [-0.3, -0.25) is 14.0 Å². The Hall–Kier alpha value is -3.39. The fraction of sp³-hybridized carbons (Fsp3) is 0.0556. The number of rotatable bonds is 5. The molecule has 3 aromatic heterocycles. The fourth-order valence-corrected chi connectivity index (χ4v) is 3.18. The van der Waals surface area contributed by atoms with Gasteiger partial charge in [-0.2, -0.15) is 0 Å². The third kappa shape index (κ3) is 3.35. The quantitative estimate of drug-likeness (QED) is 0.568. The number of amides is 2. The summed E-state index contributed by atoms with van der Waals surface area (Å²) < 4.78 is 6.93. The van der Waals surface area contributed by atoms with Crippen LogP contribution in [-0.2, 0) is 4.79 Å². The molecular weight excluding hydrogens is 352 g/mol. The number of fused-ring (bicyclic) bond motifs is 1. The van der Waals surface area contributed by atoms with Gasteiger partial charge in [0.25, 0.3) is 5.91 Å². The van der Waals surface area contributed by atoms with Gasteiger partial charge in [-0.15, -0.1) is 11.3 Å². The lowest BCUT2D eigenvalue weighted by molar-refractivity contribution is -0.115. The maximum absolute atomic E-state index is 12.1. The van der Waals surface area contributed by atoms with Gasteiger partial charge in [0.05, 0.1) is 18.5 Å². The molecule has 0 bridgehead atoms. The van der Waals surface area contributed by atoms with Crippen LogP contribution in [0.4, 0.5) is 5.69 Å². The van der Waals surface area contributed by atoms with Crippen molar-refractivity contribution in [2.45, 2.75) is 0 Å². The van der Waals surface area contributed by atoms with Crippen molar-refractivity contribution in [2.24, 2.45) is 0 Å². The molecule has 0 unspecified atom stereocenters. The van der Waals surface area contributed by atoms with Gasteiger partial charge in [0, 0.05) is 29.0 Å². The smallest absolute Gasteiger partial charge is 0.287 e. The van der Waals surface area contributed by atoms with Gasteiger partial charge in [-0.1, -0.05) is 12.1 Å². The zero-order chi connectivity index (χ0) is 17.9. The Morgan fingerprint density at radius 1 is 1.23 bits per heavy atom. The van der Waals surface area contributed by atoms with Gasteiger partial charge in [-0.25, -0.2) is 4.98 Å². The zero-order valence-electron chi connectivity index (χ0n) is 13.5. The van der Waals surface area contributed by atoms with E-state index in [1.807, 2.05) is 40.4 Å². The summed E-state index contributed by atoms with van der Waals surface area (Å²) in [5.41, 5.74) is 2.37. The van der Waals surface area contributed by atoms with Crippen LogP contribution < -0.4 is 10.6 Å². The number of nitrogens with zero attached hydrogens (tertiary/aromatic N) is 2. The van der Waals surface area contributed by atoms with Crippen LogP contribution in [0.3, 0.4) is 0 Å². The molecule has 4 aromatic rings. The van der Waals surface area contributed by atoms with E-state index in [4.69, 9.17) is 4.42 Å². The first-order valence-corrected chi connectivity index (χ1v) is 8.71. The van der Waals surface area contributed by atoms with Gasteiger partial charge in [0.2, 0.25) is 5.91 Å². The van der Waals surface area contributed by atoms with Gasteiger partial charge >= 0.3 is 0 Å². The molecule has 0 aliphatic rings.